The van der Waals surface area contributed by atoms with Crippen LogP contribution >= 0.6 is 11.3 Å². The summed E-state index contributed by atoms with van der Waals surface area (Å²) >= 11 is 1.61. The van der Waals surface area contributed by atoms with Gasteiger partial charge in [-0.2, -0.15) is 0 Å². The van der Waals surface area contributed by atoms with Gasteiger partial charge in [-0.05, 0) is 24.2 Å². The first-order chi connectivity index (χ1) is 14.5. The van der Waals surface area contributed by atoms with Crippen LogP contribution in [0.5, 0.6) is 0 Å². The van der Waals surface area contributed by atoms with E-state index >= 15 is 0 Å². The minimum atomic E-state index is -0.166. The van der Waals surface area contributed by atoms with Crippen molar-refractivity contribution in [3.63, 3.8) is 0 Å². The molecule has 2 aromatic rings. The molecule has 1 fully saturated rings. The Balaban J connectivity index is 1.51. The number of rotatable bonds is 7. The second-order valence-corrected chi connectivity index (χ2v) is 8.34. The maximum atomic E-state index is 14.7. The number of guanidine groups is 1. The summed E-state index contributed by atoms with van der Waals surface area (Å²) in [5.41, 5.74) is 2.54. The third-order valence-corrected chi connectivity index (χ3v) is 6.27. The number of hydrogen-bond acceptors (Lipinski definition) is 6. The number of aliphatic imine (C=N–C) groups is 1. The van der Waals surface area contributed by atoms with Gasteiger partial charge < -0.3 is 25.3 Å². The van der Waals surface area contributed by atoms with E-state index in [0.29, 0.717) is 24.7 Å². The standard InChI is InChI=1S/C21H32FN7S/c1-5-28-8-10-29(11-9-28)19-7-6-16(12-18(19)22)13-24-20(23-2)25-14-17-15-30-21(26-17)27(3)4/h6-7,12,15H,5,8-11,13-14H2,1-4H3,(H2,23,24,25). The Kier molecular flexibility index (Phi) is 7.87. The molecule has 0 saturated carbocycles. The summed E-state index contributed by atoms with van der Waals surface area (Å²) < 4.78 is 14.7. The van der Waals surface area contributed by atoms with Crippen molar-refractivity contribution in [3.8, 4) is 0 Å². The number of nitrogens with zero attached hydrogens (tertiary/aromatic N) is 5. The monoisotopic (exact) mass is 433 g/mol. The van der Waals surface area contributed by atoms with Gasteiger partial charge in [0.1, 0.15) is 5.82 Å². The Bertz CT molecular complexity index is 844. The summed E-state index contributed by atoms with van der Waals surface area (Å²) in [4.78, 5) is 15.3. The Labute approximate surface area is 182 Å². The molecule has 1 saturated heterocycles. The minimum absolute atomic E-state index is 0.166. The van der Waals surface area contributed by atoms with Gasteiger partial charge in [-0.15, -0.1) is 11.3 Å². The van der Waals surface area contributed by atoms with Crippen LogP contribution in [0.2, 0.25) is 0 Å². The number of benzene rings is 1. The minimum Gasteiger partial charge on any atom is -0.367 e. The second kappa shape index (κ2) is 10.6. The summed E-state index contributed by atoms with van der Waals surface area (Å²) in [6, 6.07) is 5.49. The molecule has 0 spiro atoms. The van der Waals surface area contributed by atoms with E-state index in [1.807, 2.05) is 36.5 Å². The van der Waals surface area contributed by atoms with E-state index in [1.165, 1.54) is 0 Å². The summed E-state index contributed by atoms with van der Waals surface area (Å²) in [7, 11) is 5.68. The molecule has 0 unspecified atom stereocenters. The lowest BCUT2D eigenvalue weighted by molar-refractivity contribution is 0.270. The van der Waals surface area contributed by atoms with Crippen LogP contribution < -0.4 is 20.4 Å². The number of anilines is 2. The van der Waals surface area contributed by atoms with Gasteiger partial charge >= 0.3 is 0 Å². The van der Waals surface area contributed by atoms with Crippen LogP contribution in [0.4, 0.5) is 15.2 Å². The number of halogens is 1. The van der Waals surface area contributed by atoms with Gasteiger partial charge in [-0.25, -0.2) is 9.37 Å². The van der Waals surface area contributed by atoms with E-state index in [1.54, 1.807) is 24.5 Å². The van der Waals surface area contributed by atoms with Gasteiger partial charge in [0.25, 0.3) is 0 Å². The van der Waals surface area contributed by atoms with E-state index in [4.69, 9.17) is 0 Å². The number of nitrogens with one attached hydrogen (secondary N) is 2. The molecule has 1 aliphatic heterocycles. The molecule has 1 aromatic heterocycles. The first kappa shape index (κ1) is 22.3. The number of piperazine rings is 1. The van der Waals surface area contributed by atoms with E-state index in [-0.39, 0.29) is 5.82 Å². The van der Waals surface area contributed by atoms with Crippen molar-refractivity contribution in [2.24, 2.45) is 4.99 Å². The van der Waals surface area contributed by atoms with Crippen molar-refractivity contribution in [2.45, 2.75) is 20.0 Å². The highest BCUT2D eigenvalue weighted by Gasteiger charge is 2.18. The average Bonchev–Trinajstić information content (AvgIpc) is 3.23. The molecule has 2 N–H and O–H groups in total. The van der Waals surface area contributed by atoms with Gasteiger partial charge in [0, 0.05) is 59.2 Å². The average molecular weight is 434 g/mol. The molecule has 164 valence electrons. The van der Waals surface area contributed by atoms with Crippen LogP contribution in [0.1, 0.15) is 18.2 Å². The van der Waals surface area contributed by atoms with E-state index in [2.05, 4.69) is 37.3 Å². The molecular weight excluding hydrogens is 401 g/mol. The van der Waals surface area contributed by atoms with Gasteiger partial charge in [0.15, 0.2) is 11.1 Å². The van der Waals surface area contributed by atoms with E-state index in [0.717, 1.165) is 49.1 Å². The highest BCUT2D eigenvalue weighted by atomic mass is 32.1. The lowest BCUT2D eigenvalue weighted by atomic mass is 10.1. The number of thiazole rings is 1. The molecule has 9 heteroatoms. The first-order valence-corrected chi connectivity index (χ1v) is 11.2. The summed E-state index contributed by atoms with van der Waals surface area (Å²) in [5, 5.41) is 9.50. The Hall–Kier alpha value is -2.39. The van der Waals surface area contributed by atoms with Crippen molar-refractivity contribution in [1.29, 1.82) is 0 Å². The molecule has 7 nitrogen and oxygen atoms in total. The zero-order valence-corrected chi connectivity index (χ0v) is 19.1. The lowest BCUT2D eigenvalue weighted by Gasteiger charge is -2.35. The topological polar surface area (TPSA) is 59.0 Å². The lowest BCUT2D eigenvalue weighted by Crippen LogP contribution is -2.46. The molecule has 0 bridgehead atoms. The zero-order chi connectivity index (χ0) is 21.5. The third kappa shape index (κ3) is 5.82. The summed E-state index contributed by atoms with van der Waals surface area (Å²) in [6.45, 7) is 8.00. The highest BCUT2D eigenvalue weighted by Crippen LogP contribution is 2.22. The Morgan fingerprint density at radius 2 is 1.93 bits per heavy atom. The van der Waals surface area contributed by atoms with Gasteiger partial charge in [-0.1, -0.05) is 13.0 Å². The number of aromatic nitrogens is 1. The van der Waals surface area contributed by atoms with Crippen LogP contribution in [0.15, 0.2) is 28.6 Å². The van der Waals surface area contributed by atoms with Crippen LogP contribution in [0, 0.1) is 5.82 Å². The summed E-state index contributed by atoms with van der Waals surface area (Å²) in [6.07, 6.45) is 0. The highest BCUT2D eigenvalue weighted by molar-refractivity contribution is 7.13. The van der Waals surface area contributed by atoms with Crippen molar-refractivity contribution in [1.82, 2.24) is 20.5 Å². The van der Waals surface area contributed by atoms with Crippen LogP contribution in [-0.2, 0) is 13.1 Å². The molecule has 1 aromatic carbocycles. The van der Waals surface area contributed by atoms with Gasteiger partial charge in [0.05, 0.1) is 17.9 Å². The summed E-state index contributed by atoms with van der Waals surface area (Å²) in [5.74, 6) is 0.496. The van der Waals surface area contributed by atoms with Crippen molar-refractivity contribution < 1.29 is 4.39 Å². The Morgan fingerprint density at radius 3 is 2.53 bits per heavy atom. The Morgan fingerprint density at radius 1 is 1.20 bits per heavy atom. The predicted molar refractivity (Wildman–Crippen MR) is 124 cm³/mol. The third-order valence-electron chi connectivity index (χ3n) is 5.21. The van der Waals surface area contributed by atoms with E-state index < -0.39 is 0 Å². The van der Waals surface area contributed by atoms with Crippen molar-refractivity contribution in [2.75, 3.05) is 63.7 Å². The quantitative estimate of drug-likeness (QED) is 0.516. The first-order valence-electron chi connectivity index (χ1n) is 10.3. The SMILES string of the molecule is CCN1CCN(c2ccc(CNC(=NC)NCc3csc(N(C)C)n3)cc2F)CC1. The van der Waals surface area contributed by atoms with Gasteiger partial charge in [0.2, 0.25) is 0 Å². The fourth-order valence-electron chi connectivity index (χ4n) is 3.39. The molecule has 30 heavy (non-hydrogen) atoms. The molecule has 2 heterocycles. The number of hydrogen-bond donors (Lipinski definition) is 2. The fourth-order valence-corrected chi connectivity index (χ4v) is 4.14. The molecule has 0 aliphatic carbocycles. The maximum Gasteiger partial charge on any atom is 0.191 e. The van der Waals surface area contributed by atoms with E-state index in [9.17, 15) is 4.39 Å². The largest absolute Gasteiger partial charge is 0.367 e. The van der Waals surface area contributed by atoms with Gasteiger partial charge in [-0.3, -0.25) is 4.99 Å². The fraction of sp³-hybridized carbons (Fsp3) is 0.524. The normalized spacial score (nSPS) is 15.4. The molecule has 0 atom stereocenters. The van der Waals surface area contributed by atoms with Crippen LogP contribution in [0.3, 0.4) is 0 Å². The zero-order valence-electron chi connectivity index (χ0n) is 18.3. The molecule has 3 rings (SSSR count). The molecule has 0 amide bonds. The maximum absolute atomic E-state index is 14.7. The molecule has 0 radical (unpaired) electrons. The predicted octanol–water partition coefficient (Wildman–Crippen LogP) is 2.36. The molecular formula is C21H32FN7S. The smallest absolute Gasteiger partial charge is 0.191 e. The van der Waals surface area contributed by atoms with Crippen LogP contribution in [0.25, 0.3) is 0 Å². The van der Waals surface area contributed by atoms with Crippen molar-refractivity contribution in [3.05, 3.63) is 40.7 Å². The second-order valence-electron chi connectivity index (χ2n) is 7.50. The van der Waals surface area contributed by atoms with Crippen molar-refractivity contribution >= 4 is 28.1 Å². The molecule has 1 aliphatic rings. The van der Waals surface area contributed by atoms with Crippen LogP contribution in [-0.4, -0.2) is 69.7 Å². The number of likely N-dealkylation sites (N-methyl/N-ethyl adjacent to an activating group) is 1.